The summed E-state index contributed by atoms with van der Waals surface area (Å²) in [6.07, 6.45) is 0.415. The van der Waals surface area contributed by atoms with Crippen LogP contribution in [-0.4, -0.2) is 18.3 Å². The van der Waals surface area contributed by atoms with Gasteiger partial charge in [-0.15, -0.1) is 11.6 Å². The fourth-order valence-electron chi connectivity index (χ4n) is 1.42. The maximum Gasteiger partial charge on any atom is 0.294 e. The van der Waals surface area contributed by atoms with Crippen molar-refractivity contribution in [1.29, 1.82) is 0 Å². The molecule has 15 heavy (non-hydrogen) atoms. The van der Waals surface area contributed by atoms with Gasteiger partial charge in [0.15, 0.2) is 0 Å². The molecule has 0 aromatic heterocycles. The molecule has 0 aliphatic rings. The molecule has 1 aromatic carbocycles. The smallest absolute Gasteiger partial charge is 0.282 e. The maximum absolute atomic E-state index is 11.1. The largest absolute Gasteiger partial charge is 0.294 e. The Labute approximate surface area is 94.8 Å². The standard InChI is InChI=1S/C10H13ClO3S/c1-7-3-4-10(15(12,13)14)9(5-7)6-8(2)11/h3-5,8H,6H2,1-2H3,(H,12,13,14). The lowest BCUT2D eigenvalue weighted by Gasteiger charge is -2.09. The highest BCUT2D eigenvalue weighted by atomic mass is 35.5. The summed E-state index contributed by atoms with van der Waals surface area (Å²) >= 11 is 5.81. The van der Waals surface area contributed by atoms with Crippen molar-refractivity contribution in [3.8, 4) is 0 Å². The topological polar surface area (TPSA) is 54.4 Å². The minimum Gasteiger partial charge on any atom is -0.282 e. The van der Waals surface area contributed by atoms with Crippen molar-refractivity contribution in [3.63, 3.8) is 0 Å². The summed E-state index contributed by atoms with van der Waals surface area (Å²) in [5.41, 5.74) is 1.50. The molecule has 0 aliphatic carbocycles. The molecule has 0 bridgehead atoms. The highest BCUT2D eigenvalue weighted by Crippen LogP contribution is 2.20. The molecule has 5 heteroatoms. The lowest BCUT2D eigenvalue weighted by molar-refractivity contribution is 0.482. The lowest BCUT2D eigenvalue weighted by Crippen LogP contribution is -2.07. The van der Waals surface area contributed by atoms with E-state index in [1.165, 1.54) is 6.07 Å². The van der Waals surface area contributed by atoms with Gasteiger partial charge in [0.1, 0.15) is 0 Å². The number of rotatable bonds is 3. The summed E-state index contributed by atoms with van der Waals surface area (Å²) in [7, 11) is -4.15. The summed E-state index contributed by atoms with van der Waals surface area (Å²) in [5, 5.41) is -0.174. The minimum absolute atomic E-state index is 0.0550. The number of alkyl halides is 1. The highest BCUT2D eigenvalue weighted by Gasteiger charge is 2.16. The van der Waals surface area contributed by atoms with Gasteiger partial charge in [0.2, 0.25) is 0 Å². The highest BCUT2D eigenvalue weighted by molar-refractivity contribution is 7.85. The van der Waals surface area contributed by atoms with Crippen LogP contribution in [0.15, 0.2) is 23.1 Å². The van der Waals surface area contributed by atoms with E-state index < -0.39 is 10.1 Å². The van der Waals surface area contributed by atoms with Crippen LogP contribution in [0.3, 0.4) is 0 Å². The molecular formula is C10H13ClO3S. The van der Waals surface area contributed by atoms with Crippen LogP contribution in [0.25, 0.3) is 0 Å². The van der Waals surface area contributed by atoms with Gasteiger partial charge in [-0.05, 0) is 31.9 Å². The van der Waals surface area contributed by atoms with Gasteiger partial charge in [-0.2, -0.15) is 8.42 Å². The summed E-state index contributed by atoms with van der Waals surface area (Å²) in [4.78, 5) is -0.0550. The van der Waals surface area contributed by atoms with Gasteiger partial charge < -0.3 is 0 Å². The van der Waals surface area contributed by atoms with Gasteiger partial charge in [0.25, 0.3) is 10.1 Å². The van der Waals surface area contributed by atoms with Gasteiger partial charge in [0, 0.05) is 5.38 Å². The Morgan fingerprint density at radius 2 is 2.07 bits per heavy atom. The van der Waals surface area contributed by atoms with Crippen molar-refractivity contribution < 1.29 is 13.0 Å². The van der Waals surface area contributed by atoms with Crippen molar-refractivity contribution in [2.24, 2.45) is 0 Å². The van der Waals surface area contributed by atoms with Crippen LogP contribution in [0, 0.1) is 6.92 Å². The molecule has 0 radical (unpaired) electrons. The number of halogens is 1. The zero-order valence-electron chi connectivity index (χ0n) is 8.57. The van der Waals surface area contributed by atoms with Gasteiger partial charge in [-0.25, -0.2) is 0 Å². The summed E-state index contributed by atoms with van der Waals surface area (Å²) in [6, 6.07) is 4.77. The predicted molar refractivity (Wildman–Crippen MR) is 60.0 cm³/mol. The zero-order valence-corrected chi connectivity index (χ0v) is 10.1. The predicted octanol–water partition coefficient (Wildman–Crippen LogP) is 2.41. The van der Waals surface area contributed by atoms with E-state index in [1.807, 2.05) is 6.92 Å². The molecular weight excluding hydrogens is 236 g/mol. The maximum atomic E-state index is 11.1. The monoisotopic (exact) mass is 248 g/mol. The third-order valence-corrected chi connectivity index (χ3v) is 3.10. The SMILES string of the molecule is Cc1ccc(S(=O)(=O)O)c(CC(C)Cl)c1. The third kappa shape index (κ3) is 3.48. The molecule has 1 atom stereocenters. The Hall–Kier alpha value is -0.580. The summed E-state index contributed by atoms with van der Waals surface area (Å²) < 4.78 is 31.1. The van der Waals surface area contributed by atoms with Crippen LogP contribution < -0.4 is 0 Å². The fourth-order valence-corrected chi connectivity index (χ4v) is 2.30. The van der Waals surface area contributed by atoms with E-state index in [4.69, 9.17) is 16.2 Å². The van der Waals surface area contributed by atoms with Crippen LogP contribution in [0.5, 0.6) is 0 Å². The Morgan fingerprint density at radius 1 is 1.47 bits per heavy atom. The molecule has 0 saturated carbocycles. The quantitative estimate of drug-likeness (QED) is 0.660. The van der Waals surface area contributed by atoms with Gasteiger partial charge >= 0.3 is 0 Å². The molecule has 0 fully saturated rings. The average molecular weight is 249 g/mol. The van der Waals surface area contributed by atoms with E-state index in [2.05, 4.69) is 0 Å². The molecule has 1 unspecified atom stereocenters. The molecule has 0 aliphatic heterocycles. The second kappa shape index (κ2) is 4.51. The van der Waals surface area contributed by atoms with Gasteiger partial charge in [-0.3, -0.25) is 4.55 Å². The van der Waals surface area contributed by atoms with Crippen LogP contribution in [0.1, 0.15) is 18.1 Å². The van der Waals surface area contributed by atoms with Crippen LogP contribution in [0.4, 0.5) is 0 Å². The summed E-state index contributed by atoms with van der Waals surface area (Å²) in [6.45, 7) is 3.63. The lowest BCUT2D eigenvalue weighted by atomic mass is 10.1. The number of hydrogen-bond acceptors (Lipinski definition) is 2. The second-order valence-corrected chi connectivity index (χ2v) is 5.71. The average Bonchev–Trinajstić information content (AvgIpc) is 1.99. The van der Waals surface area contributed by atoms with E-state index in [0.717, 1.165) is 5.56 Å². The Bertz CT molecular complexity index is 452. The first-order valence-electron chi connectivity index (χ1n) is 4.52. The van der Waals surface area contributed by atoms with E-state index in [-0.39, 0.29) is 10.3 Å². The van der Waals surface area contributed by atoms with Crippen LogP contribution in [-0.2, 0) is 16.5 Å². The van der Waals surface area contributed by atoms with Crippen molar-refractivity contribution >= 4 is 21.7 Å². The van der Waals surface area contributed by atoms with Crippen molar-refractivity contribution in [3.05, 3.63) is 29.3 Å². The Kier molecular flexibility index (Phi) is 3.76. The minimum atomic E-state index is -4.15. The first-order valence-corrected chi connectivity index (χ1v) is 6.39. The van der Waals surface area contributed by atoms with E-state index in [0.29, 0.717) is 12.0 Å². The van der Waals surface area contributed by atoms with E-state index in [9.17, 15) is 8.42 Å². The molecule has 0 heterocycles. The fraction of sp³-hybridized carbons (Fsp3) is 0.400. The molecule has 1 N–H and O–H groups in total. The van der Waals surface area contributed by atoms with Crippen LogP contribution >= 0.6 is 11.6 Å². The van der Waals surface area contributed by atoms with Gasteiger partial charge in [-0.1, -0.05) is 17.7 Å². The second-order valence-electron chi connectivity index (χ2n) is 3.57. The molecule has 84 valence electrons. The Morgan fingerprint density at radius 3 is 2.53 bits per heavy atom. The van der Waals surface area contributed by atoms with E-state index in [1.54, 1.807) is 19.1 Å². The number of benzene rings is 1. The number of aryl methyl sites for hydroxylation is 1. The molecule has 0 saturated heterocycles. The van der Waals surface area contributed by atoms with Crippen molar-refractivity contribution in [2.45, 2.75) is 30.5 Å². The van der Waals surface area contributed by atoms with Crippen molar-refractivity contribution in [2.75, 3.05) is 0 Å². The molecule has 1 aromatic rings. The van der Waals surface area contributed by atoms with Gasteiger partial charge in [0.05, 0.1) is 4.90 Å². The summed E-state index contributed by atoms with van der Waals surface area (Å²) in [5.74, 6) is 0. The normalized spacial score (nSPS) is 13.9. The van der Waals surface area contributed by atoms with E-state index >= 15 is 0 Å². The number of hydrogen-bond donors (Lipinski definition) is 1. The molecule has 0 spiro atoms. The first-order chi connectivity index (χ1) is 6.80. The first kappa shape index (κ1) is 12.5. The molecule has 3 nitrogen and oxygen atoms in total. The van der Waals surface area contributed by atoms with Crippen LogP contribution in [0.2, 0.25) is 0 Å². The molecule has 1 rings (SSSR count). The Balaban J connectivity index is 3.27. The zero-order chi connectivity index (χ0) is 11.6. The molecule has 0 amide bonds. The van der Waals surface area contributed by atoms with Crippen molar-refractivity contribution in [1.82, 2.24) is 0 Å². The third-order valence-electron chi connectivity index (χ3n) is 2.00.